The third kappa shape index (κ3) is 5.03. The number of para-hydroxylation sites is 2. The van der Waals surface area contributed by atoms with E-state index in [4.69, 9.17) is 0 Å². The van der Waals surface area contributed by atoms with E-state index in [0.29, 0.717) is 18.7 Å². The molecule has 0 bridgehead atoms. The predicted octanol–water partition coefficient (Wildman–Crippen LogP) is 5.36. The van der Waals surface area contributed by atoms with Gasteiger partial charge in [0.05, 0.1) is 6.54 Å². The highest BCUT2D eigenvalue weighted by atomic mass is 16.1. The van der Waals surface area contributed by atoms with Gasteiger partial charge in [0, 0.05) is 17.8 Å². The summed E-state index contributed by atoms with van der Waals surface area (Å²) in [5.74, 6) is 0.309. The van der Waals surface area contributed by atoms with E-state index in [1.165, 1.54) is 12.8 Å². The average molecular weight is 295 g/mol. The molecule has 0 atom stereocenters. The first-order chi connectivity index (χ1) is 10.8. The van der Waals surface area contributed by atoms with E-state index in [1.54, 1.807) is 0 Å². The number of unbranched alkanes of at least 4 members (excludes halogenated alkanes) is 3. The number of hydrogen-bond donors (Lipinski definition) is 0. The molecule has 2 rings (SSSR count). The normalized spacial score (nSPS) is 10.4. The zero-order valence-electron chi connectivity index (χ0n) is 13.4. The lowest BCUT2D eigenvalue weighted by molar-refractivity contribution is -0.117. The third-order valence-corrected chi connectivity index (χ3v) is 3.78. The fourth-order valence-corrected chi connectivity index (χ4v) is 2.55. The van der Waals surface area contributed by atoms with Gasteiger partial charge in [0.2, 0.25) is 0 Å². The largest absolute Gasteiger partial charge is 0.334 e. The Kier molecular flexibility index (Phi) is 6.69. The number of nitrogens with zero attached hydrogens (tertiary/aromatic N) is 1. The van der Waals surface area contributed by atoms with Gasteiger partial charge in [0.1, 0.15) is 0 Å². The van der Waals surface area contributed by atoms with E-state index < -0.39 is 0 Å². The lowest BCUT2D eigenvalue weighted by Crippen LogP contribution is -2.25. The van der Waals surface area contributed by atoms with Crippen molar-refractivity contribution >= 4 is 17.2 Å². The van der Waals surface area contributed by atoms with Gasteiger partial charge in [-0.3, -0.25) is 4.79 Å². The van der Waals surface area contributed by atoms with Crippen molar-refractivity contribution in [2.45, 2.75) is 39.0 Å². The molecular weight excluding hydrogens is 270 g/mol. The van der Waals surface area contributed by atoms with Crippen LogP contribution in [-0.4, -0.2) is 12.3 Å². The van der Waals surface area contributed by atoms with E-state index in [-0.39, 0.29) is 0 Å². The Morgan fingerprint density at radius 3 is 1.86 bits per heavy atom. The van der Waals surface area contributed by atoms with Crippen molar-refractivity contribution in [3.8, 4) is 0 Å². The van der Waals surface area contributed by atoms with E-state index in [1.807, 2.05) is 36.4 Å². The second-order valence-corrected chi connectivity index (χ2v) is 5.61. The molecule has 0 spiro atoms. The van der Waals surface area contributed by atoms with Crippen LogP contribution in [0.3, 0.4) is 0 Å². The van der Waals surface area contributed by atoms with Crippen molar-refractivity contribution in [1.29, 1.82) is 0 Å². The van der Waals surface area contributed by atoms with Crippen LogP contribution in [0.2, 0.25) is 0 Å². The molecule has 0 heterocycles. The third-order valence-electron chi connectivity index (χ3n) is 3.78. The smallest absolute Gasteiger partial charge is 0.152 e. The van der Waals surface area contributed by atoms with Gasteiger partial charge in [-0.2, -0.15) is 0 Å². The summed E-state index contributed by atoms with van der Waals surface area (Å²) in [5, 5.41) is 0. The van der Waals surface area contributed by atoms with Crippen LogP contribution in [0.1, 0.15) is 39.0 Å². The Bertz CT molecular complexity index is 511. The lowest BCUT2D eigenvalue weighted by atomic mass is 10.1. The molecule has 0 aliphatic carbocycles. The van der Waals surface area contributed by atoms with Crippen LogP contribution < -0.4 is 4.90 Å². The molecule has 0 amide bonds. The number of ketones is 1. The van der Waals surface area contributed by atoms with Crippen LogP contribution in [0.4, 0.5) is 11.4 Å². The van der Waals surface area contributed by atoms with Crippen LogP contribution in [0.5, 0.6) is 0 Å². The van der Waals surface area contributed by atoms with Crippen molar-refractivity contribution in [2.75, 3.05) is 11.4 Å². The van der Waals surface area contributed by atoms with Gasteiger partial charge in [-0.25, -0.2) is 0 Å². The molecular formula is C20H25NO. The maximum absolute atomic E-state index is 12.3. The first kappa shape index (κ1) is 16.3. The zero-order chi connectivity index (χ0) is 15.6. The van der Waals surface area contributed by atoms with E-state index in [2.05, 4.69) is 36.1 Å². The maximum atomic E-state index is 12.3. The van der Waals surface area contributed by atoms with Crippen LogP contribution >= 0.6 is 0 Å². The number of hydrogen-bond acceptors (Lipinski definition) is 2. The Labute approximate surface area is 133 Å². The molecule has 116 valence electrons. The number of benzene rings is 2. The molecule has 0 N–H and O–H groups in total. The van der Waals surface area contributed by atoms with Crippen molar-refractivity contribution in [3.63, 3.8) is 0 Å². The first-order valence-corrected chi connectivity index (χ1v) is 8.20. The molecule has 0 aliphatic heterocycles. The first-order valence-electron chi connectivity index (χ1n) is 8.20. The summed E-state index contributed by atoms with van der Waals surface area (Å²) in [4.78, 5) is 14.4. The SMILES string of the molecule is CCCCCCC(=O)CN(c1ccccc1)c1ccccc1. The van der Waals surface area contributed by atoms with Gasteiger partial charge in [-0.1, -0.05) is 62.6 Å². The summed E-state index contributed by atoms with van der Waals surface area (Å²) in [6, 6.07) is 20.3. The number of rotatable bonds is 9. The van der Waals surface area contributed by atoms with Crippen molar-refractivity contribution in [3.05, 3.63) is 60.7 Å². The van der Waals surface area contributed by atoms with Crippen molar-refractivity contribution < 1.29 is 4.79 Å². The quantitative estimate of drug-likeness (QED) is 0.580. The zero-order valence-corrected chi connectivity index (χ0v) is 13.4. The summed E-state index contributed by atoms with van der Waals surface area (Å²) >= 11 is 0. The summed E-state index contributed by atoms with van der Waals surface area (Å²) in [6.07, 6.45) is 5.25. The van der Waals surface area contributed by atoms with Crippen LogP contribution in [0.15, 0.2) is 60.7 Å². The van der Waals surface area contributed by atoms with Gasteiger partial charge in [-0.05, 0) is 30.7 Å². The fourth-order valence-electron chi connectivity index (χ4n) is 2.55. The van der Waals surface area contributed by atoms with Crippen molar-refractivity contribution in [2.24, 2.45) is 0 Å². The molecule has 0 saturated carbocycles. The van der Waals surface area contributed by atoms with Crippen LogP contribution in [-0.2, 0) is 4.79 Å². The average Bonchev–Trinajstić information content (AvgIpc) is 2.58. The molecule has 0 saturated heterocycles. The maximum Gasteiger partial charge on any atom is 0.152 e. The minimum Gasteiger partial charge on any atom is -0.334 e. The van der Waals surface area contributed by atoms with E-state index >= 15 is 0 Å². The molecule has 22 heavy (non-hydrogen) atoms. The second-order valence-electron chi connectivity index (χ2n) is 5.61. The molecule has 2 aromatic carbocycles. The Balaban J connectivity index is 2.04. The monoisotopic (exact) mass is 295 g/mol. The number of carbonyl (C=O) groups excluding carboxylic acids is 1. The van der Waals surface area contributed by atoms with Gasteiger partial charge in [0.25, 0.3) is 0 Å². The lowest BCUT2D eigenvalue weighted by Gasteiger charge is -2.24. The van der Waals surface area contributed by atoms with E-state index in [9.17, 15) is 4.79 Å². The standard InChI is InChI=1S/C20H25NO/c1-2-3-4-11-16-20(22)17-21(18-12-7-5-8-13-18)19-14-9-6-10-15-19/h5-10,12-15H,2-4,11,16-17H2,1H3. The molecule has 2 heteroatoms. The number of carbonyl (C=O) groups is 1. The Hall–Kier alpha value is -2.09. The minimum atomic E-state index is 0.309. The van der Waals surface area contributed by atoms with Gasteiger partial charge < -0.3 is 4.90 Å². The molecule has 2 aromatic rings. The Morgan fingerprint density at radius 2 is 1.36 bits per heavy atom. The number of Topliss-reactive ketones (excluding diaryl/α,β-unsaturated/α-hetero) is 1. The summed E-state index contributed by atoms with van der Waals surface area (Å²) in [6.45, 7) is 2.63. The highest BCUT2D eigenvalue weighted by Gasteiger charge is 2.13. The summed E-state index contributed by atoms with van der Waals surface area (Å²) in [7, 11) is 0. The molecule has 0 aromatic heterocycles. The minimum absolute atomic E-state index is 0.309. The van der Waals surface area contributed by atoms with Crippen LogP contribution in [0, 0.1) is 0 Å². The summed E-state index contributed by atoms with van der Waals surface area (Å²) < 4.78 is 0. The van der Waals surface area contributed by atoms with Crippen molar-refractivity contribution in [1.82, 2.24) is 0 Å². The highest BCUT2D eigenvalue weighted by Crippen LogP contribution is 2.24. The van der Waals surface area contributed by atoms with E-state index in [0.717, 1.165) is 24.2 Å². The molecule has 0 aliphatic rings. The van der Waals surface area contributed by atoms with Gasteiger partial charge in [0.15, 0.2) is 5.78 Å². The second kappa shape index (κ2) is 9.04. The highest BCUT2D eigenvalue weighted by molar-refractivity contribution is 5.86. The van der Waals surface area contributed by atoms with Crippen LogP contribution in [0.25, 0.3) is 0 Å². The molecule has 0 fully saturated rings. The predicted molar refractivity (Wildman–Crippen MR) is 93.7 cm³/mol. The van der Waals surface area contributed by atoms with Gasteiger partial charge >= 0.3 is 0 Å². The Morgan fingerprint density at radius 1 is 0.818 bits per heavy atom. The number of anilines is 2. The fraction of sp³-hybridized carbons (Fsp3) is 0.350. The summed E-state index contributed by atoms with van der Waals surface area (Å²) in [5.41, 5.74) is 2.13. The van der Waals surface area contributed by atoms with Gasteiger partial charge in [-0.15, -0.1) is 0 Å². The molecule has 0 unspecified atom stereocenters. The topological polar surface area (TPSA) is 20.3 Å². The molecule has 0 radical (unpaired) electrons. The molecule has 2 nitrogen and oxygen atoms in total.